The Bertz CT molecular complexity index is 375. The number of carbonyl (C=O) groups excluding carboxylic acids is 1. The summed E-state index contributed by atoms with van der Waals surface area (Å²) >= 11 is 0. The van der Waals surface area contributed by atoms with Crippen LogP contribution in [-0.2, 0) is 11.2 Å². The zero-order valence-corrected chi connectivity index (χ0v) is 11.0. The van der Waals surface area contributed by atoms with Gasteiger partial charge in [-0.2, -0.15) is 0 Å². The van der Waals surface area contributed by atoms with Gasteiger partial charge in [-0.05, 0) is 30.9 Å². The summed E-state index contributed by atoms with van der Waals surface area (Å²) < 4.78 is 5.25. The van der Waals surface area contributed by atoms with Crippen molar-refractivity contribution in [2.45, 2.75) is 38.6 Å². The molecule has 18 heavy (non-hydrogen) atoms. The average Bonchev–Trinajstić information content (AvgIpc) is 2.88. The highest BCUT2D eigenvalue weighted by molar-refractivity contribution is 5.76. The Labute approximate surface area is 108 Å². The van der Waals surface area contributed by atoms with E-state index in [1.54, 1.807) is 6.26 Å². The predicted molar refractivity (Wildman–Crippen MR) is 70.0 cm³/mol. The zero-order chi connectivity index (χ0) is 13.0. The van der Waals surface area contributed by atoms with Crippen LogP contribution in [-0.4, -0.2) is 29.9 Å². The number of likely N-dealkylation sites (tertiary alicyclic amines) is 1. The lowest BCUT2D eigenvalue weighted by Crippen LogP contribution is -2.49. The number of nitrogens with zero attached hydrogens (tertiary/aromatic N) is 1. The normalized spacial score (nSPS) is 24.2. The molecule has 1 amide bonds. The maximum absolute atomic E-state index is 12.2. The molecule has 100 valence electrons. The van der Waals surface area contributed by atoms with Crippen LogP contribution < -0.4 is 5.73 Å². The molecule has 4 nitrogen and oxygen atoms in total. The number of furan rings is 1. The first kappa shape index (κ1) is 13.1. The quantitative estimate of drug-likeness (QED) is 0.886. The van der Waals surface area contributed by atoms with Gasteiger partial charge in [0.1, 0.15) is 5.76 Å². The Morgan fingerprint density at radius 1 is 1.61 bits per heavy atom. The van der Waals surface area contributed by atoms with Crippen LogP contribution in [0.1, 0.15) is 31.9 Å². The maximum atomic E-state index is 12.2. The van der Waals surface area contributed by atoms with E-state index >= 15 is 0 Å². The molecule has 0 aliphatic carbocycles. The highest BCUT2D eigenvalue weighted by Gasteiger charge is 2.28. The molecule has 2 N–H and O–H groups in total. The minimum absolute atomic E-state index is 0.203. The van der Waals surface area contributed by atoms with Crippen LogP contribution in [0.2, 0.25) is 0 Å². The Morgan fingerprint density at radius 3 is 3.11 bits per heavy atom. The van der Waals surface area contributed by atoms with Crippen molar-refractivity contribution >= 4 is 5.91 Å². The summed E-state index contributed by atoms with van der Waals surface area (Å²) in [6.07, 6.45) is 4.95. The van der Waals surface area contributed by atoms with Crippen molar-refractivity contribution in [2.75, 3.05) is 13.1 Å². The van der Waals surface area contributed by atoms with Crippen molar-refractivity contribution in [3.8, 4) is 0 Å². The fraction of sp³-hybridized carbons (Fsp3) is 0.643. The Kier molecular flexibility index (Phi) is 4.42. The van der Waals surface area contributed by atoms with Crippen molar-refractivity contribution in [3.63, 3.8) is 0 Å². The number of aryl methyl sites for hydroxylation is 1. The van der Waals surface area contributed by atoms with E-state index < -0.39 is 0 Å². The second-order valence-corrected chi connectivity index (χ2v) is 5.19. The van der Waals surface area contributed by atoms with Crippen molar-refractivity contribution in [1.29, 1.82) is 0 Å². The van der Waals surface area contributed by atoms with Gasteiger partial charge < -0.3 is 15.1 Å². The van der Waals surface area contributed by atoms with E-state index in [0.29, 0.717) is 25.3 Å². The molecule has 2 heterocycles. The topological polar surface area (TPSA) is 59.5 Å². The van der Waals surface area contributed by atoms with Crippen molar-refractivity contribution < 1.29 is 9.21 Å². The molecule has 1 aromatic heterocycles. The molecule has 2 atom stereocenters. The molecule has 1 aliphatic heterocycles. The van der Waals surface area contributed by atoms with Gasteiger partial charge in [-0.3, -0.25) is 4.79 Å². The van der Waals surface area contributed by atoms with Gasteiger partial charge in [-0.25, -0.2) is 0 Å². The number of hydrogen-bond donors (Lipinski definition) is 1. The molecule has 1 saturated heterocycles. The Balaban J connectivity index is 1.87. The standard InChI is InChI=1S/C14H22N2O2/c1-11-6-7-16(12(9-11)10-15)14(17)5-4-13-3-2-8-18-13/h2-3,8,11-12H,4-7,9-10,15H2,1H3. The lowest BCUT2D eigenvalue weighted by molar-refractivity contribution is -0.135. The van der Waals surface area contributed by atoms with Crippen molar-refractivity contribution in [2.24, 2.45) is 11.7 Å². The molecular formula is C14H22N2O2. The summed E-state index contributed by atoms with van der Waals surface area (Å²) in [5.74, 6) is 1.75. The lowest BCUT2D eigenvalue weighted by atomic mass is 9.92. The van der Waals surface area contributed by atoms with E-state index in [4.69, 9.17) is 10.2 Å². The van der Waals surface area contributed by atoms with Crippen LogP contribution in [0.4, 0.5) is 0 Å². The van der Waals surface area contributed by atoms with Crippen LogP contribution in [0.5, 0.6) is 0 Å². The average molecular weight is 250 g/mol. The van der Waals surface area contributed by atoms with E-state index in [1.165, 1.54) is 0 Å². The molecule has 1 aromatic rings. The molecule has 0 radical (unpaired) electrons. The highest BCUT2D eigenvalue weighted by Crippen LogP contribution is 2.22. The maximum Gasteiger partial charge on any atom is 0.223 e. The van der Waals surface area contributed by atoms with Gasteiger partial charge >= 0.3 is 0 Å². The minimum atomic E-state index is 0.203. The smallest absolute Gasteiger partial charge is 0.223 e. The van der Waals surface area contributed by atoms with Crippen LogP contribution in [0.25, 0.3) is 0 Å². The summed E-state index contributed by atoms with van der Waals surface area (Å²) in [6, 6.07) is 3.98. The largest absolute Gasteiger partial charge is 0.469 e. The minimum Gasteiger partial charge on any atom is -0.469 e. The number of rotatable bonds is 4. The summed E-state index contributed by atoms with van der Waals surface area (Å²) in [4.78, 5) is 14.2. The van der Waals surface area contributed by atoms with Crippen molar-refractivity contribution in [3.05, 3.63) is 24.2 Å². The molecule has 4 heteroatoms. The predicted octanol–water partition coefficient (Wildman–Crippen LogP) is 1.80. The van der Waals surface area contributed by atoms with Gasteiger partial charge in [0.2, 0.25) is 5.91 Å². The van der Waals surface area contributed by atoms with Gasteiger partial charge in [-0.1, -0.05) is 6.92 Å². The number of amides is 1. The summed E-state index contributed by atoms with van der Waals surface area (Å²) in [6.45, 7) is 3.64. The Morgan fingerprint density at radius 2 is 2.44 bits per heavy atom. The van der Waals surface area contributed by atoms with Gasteiger partial charge in [0.05, 0.1) is 6.26 Å². The molecule has 1 fully saturated rings. The number of carbonyl (C=O) groups is 1. The molecule has 0 spiro atoms. The van der Waals surface area contributed by atoms with Gasteiger partial charge in [0.25, 0.3) is 0 Å². The third-order valence-electron chi connectivity index (χ3n) is 3.74. The number of hydrogen-bond acceptors (Lipinski definition) is 3. The van der Waals surface area contributed by atoms with Gasteiger partial charge in [0, 0.05) is 32.0 Å². The molecule has 0 aromatic carbocycles. The first-order valence-corrected chi connectivity index (χ1v) is 6.72. The zero-order valence-electron chi connectivity index (χ0n) is 11.0. The van der Waals surface area contributed by atoms with E-state index in [-0.39, 0.29) is 11.9 Å². The summed E-state index contributed by atoms with van der Waals surface area (Å²) in [5.41, 5.74) is 5.77. The monoisotopic (exact) mass is 250 g/mol. The van der Waals surface area contributed by atoms with E-state index in [2.05, 4.69) is 6.92 Å². The molecule has 2 rings (SSSR count). The van der Waals surface area contributed by atoms with Gasteiger partial charge in [0.15, 0.2) is 0 Å². The van der Waals surface area contributed by atoms with E-state index in [9.17, 15) is 4.79 Å². The van der Waals surface area contributed by atoms with Crippen LogP contribution >= 0.6 is 0 Å². The van der Waals surface area contributed by atoms with E-state index in [0.717, 1.165) is 25.1 Å². The molecule has 2 unspecified atom stereocenters. The molecule has 0 bridgehead atoms. The summed E-state index contributed by atoms with van der Waals surface area (Å²) in [7, 11) is 0. The first-order chi connectivity index (χ1) is 8.70. The number of nitrogens with two attached hydrogens (primary N) is 1. The van der Waals surface area contributed by atoms with Crippen LogP contribution in [0, 0.1) is 5.92 Å². The third kappa shape index (κ3) is 3.13. The SMILES string of the molecule is CC1CCN(C(=O)CCc2ccco2)C(CN)C1. The third-order valence-corrected chi connectivity index (χ3v) is 3.74. The van der Waals surface area contributed by atoms with Gasteiger partial charge in [-0.15, -0.1) is 0 Å². The Hall–Kier alpha value is -1.29. The second kappa shape index (κ2) is 6.05. The molecule has 0 saturated carbocycles. The van der Waals surface area contributed by atoms with Crippen molar-refractivity contribution in [1.82, 2.24) is 4.90 Å². The first-order valence-electron chi connectivity index (χ1n) is 6.72. The highest BCUT2D eigenvalue weighted by atomic mass is 16.3. The molecular weight excluding hydrogens is 228 g/mol. The number of piperidine rings is 1. The summed E-state index contributed by atoms with van der Waals surface area (Å²) in [5, 5.41) is 0. The van der Waals surface area contributed by atoms with E-state index in [1.807, 2.05) is 17.0 Å². The fourth-order valence-corrected chi connectivity index (χ4v) is 2.63. The van der Waals surface area contributed by atoms with Crippen LogP contribution in [0.15, 0.2) is 22.8 Å². The fourth-order valence-electron chi connectivity index (χ4n) is 2.63. The van der Waals surface area contributed by atoms with Crippen LogP contribution in [0.3, 0.4) is 0 Å². The second-order valence-electron chi connectivity index (χ2n) is 5.19. The lowest BCUT2D eigenvalue weighted by Gasteiger charge is -2.38. The molecule has 1 aliphatic rings.